The number of benzene rings is 3. The summed E-state index contributed by atoms with van der Waals surface area (Å²) in [5, 5.41) is 25.2. The number of aromatic amines is 1. The van der Waals surface area contributed by atoms with Crippen LogP contribution in [0.25, 0.3) is 11.3 Å². The van der Waals surface area contributed by atoms with E-state index in [0.29, 0.717) is 52.5 Å². The molecular formula is C32H31F7N6O6. The normalized spacial score (nSPS) is 11.5. The van der Waals surface area contributed by atoms with Crippen LogP contribution in [0.15, 0.2) is 66.9 Å². The topological polar surface area (TPSA) is 217 Å². The number of carboxylic acids is 2. The summed E-state index contributed by atoms with van der Waals surface area (Å²) in [4.78, 5) is 37.6. The number of hydrogen-bond acceptors (Lipinski definition) is 7. The number of nitrogens with one attached hydrogen (secondary N) is 3. The number of aromatic nitrogens is 2. The Morgan fingerprint density at radius 2 is 1.49 bits per heavy atom. The second kappa shape index (κ2) is 17.5. The molecule has 4 rings (SSSR count). The molecule has 1 atom stereocenters. The van der Waals surface area contributed by atoms with Crippen LogP contribution >= 0.6 is 0 Å². The first-order valence-corrected chi connectivity index (χ1v) is 14.4. The highest BCUT2D eigenvalue weighted by molar-refractivity contribution is 5.99. The number of carboxylic acid groups (broad SMARTS) is 2. The highest BCUT2D eigenvalue weighted by Crippen LogP contribution is 2.34. The minimum absolute atomic E-state index is 0.0464. The van der Waals surface area contributed by atoms with Gasteiger partial charge in [0.2, 0.25) is 5.91 Å². The highest BCUT2D eigenvalue weighted by Gasteiger charge is 2.39. The van der Waals surface area contributed by atoms with Gasteiger partial charge >= 0.3 is 24.3 Å². The van der Waals surface area contributed by atoms with Gasteiger partial charge in [-0.25, -0.2) is 19.0 Å². The predicted octanol–water partition coefficient (Wildman–Crippen LogP) is 6.03. The third-order valence-corrected chi connectivity index (χ3v) is 6.49. The summed E-state index contributed by atoms with van der Waals surface area (Å²) in [6.07, 6.45) is -7.89. The predicted molar refractivity (Wildman–Crippen MR) is 170 cm³/mol. The molecule has 0 spiro atoms. The van der Waals surface area contributed by atoms with Crippen molar-refractivity contribution in [2.75, 3.05) is 11.9 Å². The Labute approximate surface area is 284 Å². The van der Waals surface area contributed by atoms with E-state index >= 15 is 4.39 Å². The van der Waals surface area contributed by atoms with Crippen LogP contribution in [0.2, 0.25) is 0 Å². The summed E-state index contributed by atoms with van der Waals surface area (Å²) in [5.74, 6) is -6.02. The number of H-pyrrole nitrogens is 1. The highest BCUT2D eigenvalue weighted by atomic mass is 19.4. The van der Waals surface area contributed by atoms with Gasteiger partial charge in [-0.05, 0) is 55.3 Å². The van der Waals surface area contributed by atoms with Crippen LogP contribution in [0.5, 0.6) is 5.75 Å². The van der Waals surface area contributed by atoms with Crippen molar-refractivity contribution in [3.8, 4) is 17.0 Å². The van der Waals surface area contributed by atoms with E-state index in [4.69, 9.17) is 41.4 Å². The number of hydrogen-bond donors (Lipinski definition) is 7. The molecule has 1 unspecified atom stereocenters. The van der Waals surface area contributed by atoms with Gasteiger partial charge in [0.1, 0.15) is 17.7 Å². The van der Waals surface area contributed by atoms with Crippen LogP contribution in [-0.4, -0.2) is 62.8 Å². The standard InChI is InChI=1S/C28H29FN6O2.2C2HF3O2/c1-3-16-13-21(24(29)23(14-16)37-4-2)25(34-18-11-9-17(10-12-18)26(30)31)28-33-15-22(35-28)19-7-5-6-8-20(19)27(32)36;2*3-2(4,5)1(6)7/h5-15,25,34H,3-4H2,1-2H3,(H3,30,31)(H2,32,36)(H,33,35);2*(H,6,7). The number of primary amides is 1. The molecule has 0 aliphatic heterocycles. The summed E-state index contributed by atoms with van der Waals surface area (Å²) >= 11 is 0. The van der Waals surface area contributed by atoms with E-state index in [-0.39, 0.29) is 11.6 Å². The fraction of sp³-hybridized carbons (Fsp3) is 0.219. The Balaban J connectivity index is 0.000000543. The number of amidine groups is 1. The van der Waals surface area contributed by atoms with Crippen molar-refractivity contribution in [1.29, 1.82) is 5.41 Å². The summed E-state index contributed by atoms with van der Waals surface area (Å²) in [6, 6.07) is 16.7. The first kappa shape index (κ1) is 41.0. The average molecular weight is 729 g/mol. The smallest absolute Gasteiger partial charge is 0.490 e. The van der Waals surface area contributed by atoms with Gasteiger partial charge < -0.3 is 36.7 Å². The molecule has 0 bridgehead atoms. The maximum Gasteiger partial charge on any atom is 0.490 e. The number of nitrogen functional groups attached to an aromatic ring is 1. The van der Waals surface area contributed by atoms with Crippen molar-refractivity contribution in [3.63, 3.8) is 0 Å². The number of nitrogens with zero attached hydrogens (tertiary/aromatic N) is 1. The second-order valence-electron chi connectivity index (χ2n) is 10.0. The minimum Gasteiger partial charge on any atom is -0.491 e. The first-order chi connectivity index (χ1) is 23.7. The molecule has 0 radical (unpaired) electrons. The quantitative estimate of drug-likeness (QED) is 0.0576. The van der Waals surface area contributed by atoms with Crippen molar-refractivity contribution in [3.05, 3.63) is 101 Å². The minimum atomic E-state index is -5.08. The Morgan fingerprint density at radius 1 is 0.941 bits per heavy atom. The van der Waals surface area contributed by atoms with Gasteiger partial charge in [-0.3, -0.25) is 10.2 Å². The average Bonchev–Trinajstić information content (AvgIpc) is 3.55. The van der Waals surface area contributed by atoms with Crippen molar-refractivity contribution in [2.24, 2.45) is 11.5 Å². The van der Waals surface area contributed by atoms with Crippen LogP contribution < -0.4 is 21.5 Å². The molecule has 1 aromatic heterocycles. The van der Waals surface area contributed by atoms with Crippen molar-refractivity contribution in [1.82, 2.24) is 9.97 Å². The van der Waals surface area contributed by atoms with E-state index in [9.17, 15) is 31.1 Å². The monoisotopic (exact) mass is 728 g/mol. The Kier molecular flexibility index (Phi) is 14.1. The molecule has 12 nitrogen and oxygen atoms in total. The maximum atomic E-state index is 15.8. The van der Waals surface area contributed by atoms with Gasteiger partial charge in [0.05, 0.1) is 18.5 Å². The fourth-order valence-corrected chi connectivity index (χ4v) is 4.11. The lowest BCUT2D eigenvalue weighted by Gasteiger charge is -2.21. The summed E-state index contributed by atoms with van der Waals surface area (Å²) in [6.45, 7) is 4.11. The summed E-state index contributed by atoms with van der Waals surface area (Å²) < 4.78 is 84.8. The molecule has 0 aliphatic rings. The number of imidazole rings is 1. The Morgan fingerprint density at radius 3 is 1.96 bits per heavy atom. The molecule has 0 saturated heterocycles. The van der Waals surface area contributed by atoms with Crippen molar-refractivity contribution in [2.45, 2.75) is 38.7 Å². The number of aryl methyl sites for hydroxylation is 1. The number of alkyl halides is 6. The van der Waals surface area contributed by atoms with Gasteiger partial charge in [0.15, 0.2) is 11.6 Å². The molecule has 0 aliphatic carbocycles. The maximum absolute atomic E-state index is 15.8. The van der Waals surface area contributed by atoms with E-state index in [2.05, 4.69) is 15.3 Å². The van der Waals surface area contributed by atoms with Crippen molar-refractivity contribution < 1.29 is 60.1 Å². The zero-order valence-corrected chi connectivity index (χ0v) is 26.6. The molecular weight excluding hydrogens is 697 g/mol. The molecule has 1 amide bonds. The van der Waals surface area contributed by atoms with Gasteiger partial charge in [-0.15, -0.1) is 0 Å². The third-order valence-electron chi connectivity index (χ3n) is 6.49. The molecule has 274 valence electrons. The molecule has 3 aromatic carbocycles. The molecule has 1 heterocycles. The lowest BCUT2D eigenvalue weighted by molar-refractivity contribution is -0.193. The van der Waals surface area contributed by atoms with Crippen LogP contribution in [0.3, 0.4) is 0 Å². The molecule has 4 aromatic rings. The van der Waals surface area contributed by atoms with Crippen LogP contribution in [-0.2, 0) is 16.0 Å². The second-order valence-corrected chi connectivity index (χ2v) is 10.0. The summed E-state index contributed by atoms with van der Waals surface area (Å²) in [7, 11) is 0. The number of carbonyl (C=O) groups is 3. The van der Waals surface area contributed by atoms with Gasteiger partial charge in [0.25, 0.3) is 0 Å². The van der Waals surface area contributed by atoms with E-state index in [1.807, 2.05) is 6.92 Å². The summed E-state index contributed by atoms with van der Waals surface area (Å²) in [5.41, 5.74) is 15.2. The number of carbonyl (C=O) groups excluding carboxylic acids is 1. The number of nitrogens with two attached hydrogens (primary N) is 2. The molecule has 0 saturated carbocycles. The molecule has 19 heteroatoms. The van der Waals surface area contributed by atoms with E-state index in [0.717, 1.165) is 5.56 Å². The van der Waals surface area contributed by atoms with Gasteiger partial charge in [0, 0.05) is 27.9 Å². The van der Waals surface area contributed by atoms with Crippen LogP contribution in [0.4, 0.5) is 36.4 Å². The van der Waals surface area contributed by atoms with Crippen molar-refractivity contribution >= 4 is 29.4 Å². The third kappa shape index (κ3) is 11.8. The number of ether oxygens (including phenoxy) is 1. The van der Waals surface area contributed by atoms with Crippen LogP contribution in [0.1, 0.15) is 52.8 Å². The fourth-order valence-electron chi connectivity index (χ4n) is 4.11. The number of rotatable bonds is 10. The van der Waals surface area contributed by atoms with Gasteiger partial charge in [-0.2, -0.15) is 26.3 Å². The van der Waals surface area contributed by atoms with Crippen LogP contribution in [0, 0.1) is 11.2 Å². The zero-order valence-electron chi connectivity index (χ0n) is 26.6. The largest absolute Gasteiger partial charge is 0.491 e. The van der Waals surface area contributed by atoms with E-state index in [1.54, 1.807) is 73.8 Å². The number of anilines is 1. The number of amides is 1. The zero-order chi connectivity index (χ0) is 38.7. The number of halogens is 7. The Bertz CT molecular complexity index is 1820. The van der Waals surface area contributed by atoms with E-state index < -0.39 is 42.1 Å². The number of aliphatic carboxylic acids is 2. The lowest BCUT2D eigenvalue weighted by atomic mass is 10.00. The SMILES string of the molecule is CCOc1cc(CC)cc(C(Nc2ccc(C(=N)N)cc2)c2ncc(-c3ccccc3C(N)=O)[nH]2)c1F.O=C(O)C(F)(F)F.O=C(O)C(F)(F)F. The van der Waals surface area contributed by atoms with E-state index in [1.165, 1.54) is 0 Å². The van der Waals surface area contributed by atoms with Gasteiger partial charge in [-0.1, -0.05) is 31.2 Å². The lowest BCUT2D eigenvalue weighted by Crippen LogP contribution is -2.21. The molecule has 9 N–H and O–H groups in total. The Hall–Kier alpha value is -6.14. The first-order valence-electron chi connectivity index (χ1n) is 14.4. The molecule has 0 fully saturated rings. The molecule has 51 heavy (non-hydrogen) atoms.